The predicted molar refractivity (Wildman–Crippen MR) is 95.6 cm³/mol. The van der Waals surface area contributed by atoms with Crippen molar-refractivity contribution in [2.45, 2.75) is 0 Å². The summed E-state index contributed by atoms with van der Waals surface area (Å²) in [6, 6.07) is 9.18. The van der Waals surface area contributed by atoms with Crippen LogP contribution in [-0.2, 0) is 4.74 Å². The molecule has 23 heavy (non-hydrogen) atoms. The summed E-state index contributed by atoms with van der Waals surface area (Å²) in [6.07, 6.45) is 0. The van der Waals surface area contributed by atoms with E-state index in [0.717, 1.165) is 14.6 Å². The van der Waals surface area contributed by atoms with E-state index in [2.05, 4.69) is 4.74 Å². The minimum absolute atomic E-state index is 0.293. The average molecular weight is 386 g/mol. The Kier molecular flexibility index (Phi) is 6.42. The van der Waals surface area contributed by atoms with E-state index >= 15 is 0 Å². The molecule has 0 fully saturated rings. The monoisotopic (exact) mass is 384 g/mol. The van der Waals surface area contributed by atoms with Crippen molar-refractivity contribution in [2.75, 3.05) is 0 Å². The third-order valence-electron chi connectivity index (χ3n) is 2.66. The molecule has 0 heterocycles. The highest BCUT2D eigenvalue weighted by Gasteiger charge is 2.16. The van der Waals surface area contributed by atoms with Gasteiger partial charge in [0.1, 0.15) is 0 Å². The summed E-state index contributed by atoms with van der Waals surface area (Å²) in [5, 5.41) is 1.31. The lowest BCUT2D eigenvalue weighted by molar-refractivity contribution is 0.184. The largest absolute Gasteiger partial charge is 0.411 e. The molecule has 0 saturated carbocycles. The SMILES string of the molecule is O=C([B]c1ccc(Cl)c(Cl)c1)OC(=O)[B]c1ccc(Cl)c(Cl)c1. The van der Waals surface area contributed by atoms with Gasteiger partial charge < -0.3 is 4.74 Å². The number of carbonyl (C=O) groups excluding carboxylic acids is 2. The Bertz CT molecular complexity index is 704. The van der Waals surface area contributed by atoms with E-state index in [0.29, 0.717) is 31.0 Å². The normalized spacial score (nSPS) is 10.1. The van der Waals surface area contributed by atoms with Crippen molar-refractivity contribution < 1.29 is 14.3 Å². The Labute approximate surface area is 154 Å². The lowest BCUT2D eigenvalue weighted by Crippen LogP contribution is -2.31. The lowest BCUT2D eigenvalue weighted by Gasteiger charge is -2.04. The molecule has 3 nitrogen and oxygen atoms in total. The van der Waals surface area contributed by atoms with Gasteiger partial charge in [0.2, 0.25) is 0 Å². The molecule has 0 saturated heterocycles. The van der Waals surface area contributed by atoms with Gasteiger partial charge >= 0.3 is 0 Å². The molecule has 0 aliphatic heterocycles. The number of carbonyl (C=O) groups is 2. The van der Waals surface area contributed by atoms with Crippen LogP contribution in [-0.4, -0.2) is 26.3 Å². The van der Waals surface area contributed by atoms with Crippen molar-refractivity contribution in [3.8, 4) is 0 Å². The zero-order valence-electron chi connectivity index (χ0n) is 11.4. The standard InChI is InChI=1S/C14H6B2Cl4O3/c17-9-3-1-7(5-11(9)19)15-13(21)23-14(22)16-8-2-4-10(18)12(20)6-8/h1-6H. The molecule has 0 aliphatic rings. The number of hydrogen-bond acceptors (Lipinski definition) is 3. The second kappa shape index (κ2) is 8.11. The van der Waals surface area contributed by atoms with Gasteiger partial charge in [-0.25, -0.2) is 0 Å². The van der Waals surface area contributed by atoms with Crippen molar-refractivity contribution in [3.63, 3.8) is 0 Å². The summed E-state index contributed by atoms with van der Waals surface area (Å²) in [7, 11) is 2.26. The first-order valence-corrected chi connectivity index (χ1v) is 7.72. The highest BCUT2D eigenvalue weighted by molar-refractivity contribution is 6.87. The molecule has 0 N–H and O–H groups in total. The minimum atomic E-state index is -0.829. The molecular weight excluding hydrogens is 380 g/mol. The fourth-order valence-electron chi connectivity index (χ4n) is 1.63. The molecule has 0 amide bonds. The summed E-state index contributed by atoms with van der Waals surface area (Å²) < 4.78 is 4.66. The summed E-state index contributed by atoms with van der Waals surface area (Å²) >= 11 is 23.2. The zero-order valence-corrected chi connectivity index (χ0v) is 14.4. The maximum atomic E-state index is 11.7. The summed E-state index contributed by atoms with van der Waals surface area (Å²) in [5.41, 5.74) is 0.929. The van der Waals surface area contributed by atoms with Gasteiger partial charge in [0.05, 0.1) is 20.1 Å². The van der Waals surface area contributed by atoms with Crippen LogP contribution in [0, 0.1) is 0 Å². The van der Waals surface area contributed by atoms with Crippen molar-refractivity contribution in [1.29, 1.82) is 0 Å². The molecule has 0 aliphatic carbocycles. The molecule has 0 unspecified atom stereocenters. The van der Waals surface area contributed by atoms with Crippen LogP contribution in [0.25, 0.3) is 0 Å². The molecule has 9 heteroatoms. The van der Waals surface area contributed by atoms with Gasteiger partial charge in [0.15, 0.2) is 0 Å². The summed E-state index contributed by atoms with van der Waals surface area (Å²) in [4.78, 5) is 23.4. The molecule has 114 valence electrons. The molecule has 0 bridgehead atoms. The summed E-state index contributed by atoms with van der Waals surface area (Å²) in [6.45, 7) is 0. The minimum Gasteiger partial charge on any atom is -0.411 e. The Balaban J connectivity index is 1.92. The Morgan fingerprint density at radius 3 is 1.43 bits per heavy atom. The second-order valence-corrected chi connectivity index (χ2v) is 6.00. The molecule has 0 atom stereocenters. The van der Waals surface area contributed by atoms with E-state index in [4.69, 9.17) is 46.4 Å². The van der Waals surface area contributed by atoms with Gasteiger partial charge in [0, 0.05) is 0 Å². The van der Waals surface area contributed by atoms with Crippen molar-refractivity contribution in [1.82, 2.24) is 0 Å². The Morgan fingerprint density at radius 2 is 1.09 bits per heavy atom. The quantitative estimate of drug-likeness (QED) is 0.592. The Hall–Kier alpha value is -1.13. The van der Waals surface area contributed by atoms with Gasteiger partial charge in [-0.05, 0) is 24.3 Å². The smallest absolute Gasteiger partial charge is 0.300 e. The first-order valence-electron chi connectivity index (χ1n) is 6.20. The molecule has 2 radical (unpaired) electrons. The fraction of sp³-hybridized carbons (Fsp3) is 0. The summed E-state index contributed by atoms with van der Waals surface area (Å²) in [5.74, 6) is -1.66. The van der Waals surface area contributed by atoms with Crippen LogP contribution in [0.3, 0.4) is 0 Å². The average Bonchev–Trinajstić information content (AvgIpc) is 2.46. The number of hydrogen-bond donors (Lipinski definition) is 0. The van der Waals surface area contributed by atoms with E-state index in [9.17, 15) is 9.59 Å². The zero-order chi connectivity index (χ0) is 17.0. The molecule has 0 spiro atoms. The maximum Gasteiger partial charge on any atom is 0.300 e. The Morgan fingerprint density at radius 1 is 0.696 bits per heavy atom. The molecule has 2 aromatic carbocycles. The van der Waals surface area contributed by atoms with E-state index in [-0.39, 0.29) is 0 Å². The molecule has 2 rings (SSSR count). The van der Waals surface area contributed by atoms with E-state index in [1.165, 1.54) is 24.3 Å². The van der Waals surface area contributed by atoms with Gasteiger partial charge in [-0.2, -0.15) is 0 Å². The predicted octanol–water partition coefficient (Wildman–Crippen LogP) is 3.92. The number of ether oxygens (including phenoxy) is 1. The second-order valence-electron chi connectivity index (χ2n) is 4.38. The molecular formula is C14H6B2Cl4O3. The number of rotatable bonds is 4. The van der Waals surface area contributed by atoms with Crippen LogP contribution < -0.4 is 10.9 Å². The van der Waals surface area contributed by atoms with E-state index < -0.39 is 11.7 Å². The number of benzene rings is 2. The van der Waals surface area contributed by atoms with Gasteiger partial charge in [-0.3, -0.25) is 9.59 Å². The highest BCUT2D eigenvalue weighted by Crippen LogP contribution is 2.19. The van der Waals surface area contributed by atoms with Gasteiger partial charge in [0.25, 0.3) is 26.3 Å². The number of halogens is 4. The van der Waals surface area contributed by atoms with E-state index in [1.807, 2.05) is 0 Å². The van der Waals surface area contributed by atoms with Crippen LogP contribution >= 0.6 is 46.4 Å². The lowest BCUT2D eigenvalue weighted by atomic mass is 9.69. The van der Waals surface area contributed by atoms with Crippen LogP contribution in [0.1, 0.15) is 0 Å². The van der Waals surface area contributed by atoms with Crippen LogP contribution in [0.2, 0.25) is 20.1 Å². The van der Waals surface area contributed by atoms with Crippen LogP contribution in [0.15, 0.2) is 36.4 Å². The van der Waals surface area contributed by atoms with Crippen molar-refractivity contribution in [2.24, 2.45) is 0 Å². The first-order chi connectivity index (χ1) is 10.8. The maximum absolute atomic E-state index is 11.7. The van der Waals surface area contributed by atoms with E-state index in [1.54, 1.807) is 12.1 Å². The third-order valence-corrected chi connectivity index (χ3v) is 4.14. The van der Waals surface area contributed by atoms with Crippen molar-refractivity contribution >= 4 is 83.6 Å². The van der Waals surface area contributed by atoms with Gasteiger partial charge in [-0.15, -0.1) is 0 Å². The molecule has 2 aromatic rings. The fourth-order valence-corrected chi connectivity index (χ4v) is 2.25. The first kappa shape index (κ1) is 18.2. The third kappa shape index (κ3) is 5.47. The van der Waals surface area contributed by atoms with Crippen LogP contribution in [0.4, 0.5) is 9.59 Å². The van der Waals surface area contributed by atoms with Crippen molar-refractivity contribution in [3.05, 3.63) is 56.5 Å². The topological polar surface area (TPSA) is 43.4 Å². The molecule has 0 aromatic heterocycles. The van der Waals surface area contributed by atoms with Crippen LogP contribution in [0.5, 0.6) is 0 Å². The highest BCUT2D eigenvalue weighted by atomic mass is 35.5. The van der Waals surface area contributed by atoms with Gasteiger partial charge in [-0.1, -0.05) is 69.5 Å².